The fraction of sp³-hybridized carbons (Fsp3) is 0.286. The van der Waals surface area contributed by atoms with E-state index in [2.05, 4.69) is 4.98 Å². The third-order valence-electron chi connectivity index (χ3n) is 3.14. The number of carboxylic acids is 1. The molecule has 1 aromatic carbocycles. The molecular formula is C14H14N2O4. The van der Waals surface area contributed by atoms with Gasteiger partial charge in [0, 0.05) is 17.5 Å². The zero-order valence-electron chi connectivity index (χ0n) is 10.9. The van der Waals surface area contributed by atoms with Crippen LogP contribution in [0.2, 0.25) is 0 Å². The van der Waals surface area contributed by atoms with E-state index in [-0.39, 0.29) is 5.69 Å². The first-order valence-electron chi connectivity index (χ1n) is 6.31. The third kappa shape index (κ3) is 2.74. The minimum absolute atomic E-state index is 0.00427. The smallest absolute Gasteiger partial charge is 0.312 e. The first kappa shape index (κ1) is 13.9. The highest BCUT2D eigenvalue weighted by Crippen LogP contribution is 2.24. The molecule has 1 atom stereocenters. The van der Waals surface area contributed by atoms with Gasteiger partial charge in [0.25, 0.3) is 5.69 Å². The van der Waals surface area contributed by atoms with Crippen molar-refractivity contribution < 1.29 is 14.8 Å². The minimum Gasteiger partial charge on any atom is -0.481 e. The number of benzene rings is 1. The average molecular weight is 274 g/mol. The molecule has 0 bridgehead atoms. The summed E-state index contributed by atoms with van der Waals surface area (Å²) in [5, 5.41) is 20.5. The molecule has 0 saturated carbocycles. The molecular weight excluding hydrogens is 260 g/mol. The summed E-state index contributed by atoms with van der Waals surface area (Å²) in [7, 11) is 0. The molecule has 0 aliphatic carbocycles. The molecule has 1 N–H and O–H groups in total. The first-order chi connectivity index (χ1) is 9.52. The van der Waals surface area contributed by atoms with Gasteiger partial charge in [-0.2, -0.15) is 0 Å². The van der Waals surface area contributed by atoms with Gasteiger partial charge in [-0.25, -0.2) is 0 Å². The van der Waals surface area contributed by atoms with Crippen LogP contribution in [-0.4, -0.2) is 21.0 Å². The van der Waals surface area contributed by atoms with Gasteiger partial charge in [0.05, 0.1) is 22.1 Å². The molecule has 20 heavy (non-hydrogen) atoms. The van der Waals surface area contributed by atoms with E-state index in [4.69, 9.17) is 0 Å². The molecule has 0 saturated heterocycles. The summed E-state index contributed by atoms with van der Waals surface area (Å²) < 4.78 is 0. The molecule has 0 aliphatic rings. The maximum atomic E-state index is 11.2. The molecule has 6 heteroatoms. The standard InChI is InChI=1S/C14H14N2O4/c1-2-3-11(14(17)18)13-6-4-9-8-10(16(19)20)5-7-12(9)15-13/h4-8,11H,2-3H2,1H3,(H,17,18). The average Bonchev–Trinajstić information content (AvgIpc) is 2.43. The van der Waals surface area contributed by atoms with Crippen molar-refractivity contribution in [2.45, 2.75) is 25.7 Å². The number of nitro groups is 1. The molecule has 1 unspecified atom stereocenters. The first-order valence-corrected chi connectivity index (χ1v) is 6.31. The molecule has 2 aromatic rings. The Morgan fingerprint density at radius 1 is 1.40 bits per heavy atom. The second-order valence-electron chi connectivity index (χ2n) is 4.55. The number of pyridine rings is 1. The Hall–Kier alpha value is -2.50. The number of hydrogen-bond acceptors (Lipinski definition) is 4. The van der Waals surface area contributed by atoms with E-state index < -0.39 is 16.8 Å². The van der Waals surface area contributed by atoms with Crippen molar-refractivity contribution in [1.82, 2.24) is 4.98 Å². The van der Waals surface area contributed by atoms with E-state index in [9.17, 15) is 20.0 Å². The van der Waals surface area contributed by atoms with Gasteiger partial charge in [-0.1, -0.05) is 19.4 Å². The van der Waals surface area contributed by atoms with Crippen LogP contribution in [0.5, 0.6) is 0 Å². The number of nitro benzene ring substituents is 1. The number of nitrogens with zero attached hydrogens (tertiary/aromatic N) is 2. The molecule has 2 rings (SSSR count). The molecule has 0 radical (unpaired) electrons. The zero-order valence-corrected chi connectivity index (χ0v) is 10.9. The lowest BCUT2D eigenvalue weighted by Crippen LogP contribution is -2.12. The number of fused-ring (bicyclic) bond motifs is 1. The lowest BCUT2D eigenvalue weighted by molar-refractivity contribution is -0.384. The summed E-state index contributed by atoms with van der Waals surface area (Å²) in [6.45, 7) is 1.92. The lowest BCUT2D eigenvalue weighted by atomic mass is 9.98. The van der Waals surface area contributed by atoms with Gasteiger partial charge in [0.15, 0.2) is 0 Å². The van der Waals surface area contributed by atoms with Crippen molar-refractivity contribution in [2.24, 2.45) is 0 Å². The van der Waals surface area contributed by atoms with Crippen LogP contribution in [0.3, 0.4) is 0 Å². The number of carboxylic acid groups (broad SMARTS) is 1. The van der Waals surface area contributed by atoms with Crippen LogP contribution in [-0.2, 0) is 4.79 Å². The third-order valence-corrected chi connectivity index (χ3v) is 3.14. The fourth-order valence-corrected chi connectivity index (χ4v) is 2.12. The SMILES string of the molecule is CCCC(C(=O)O)c1ccc2cc([N+](=O)[O-])ccc2n1. The van der Waals surface area contributed by atoms with Crippen LogP contribution in [0, 0.1) is 10.1 Å². The molecule has 0 fully saturated rings. The van der Waals surface area contributed by atoms with Gasteiger partial charge in [-0.05, 0) is 18.6 Å². The van der Waals surface area contributed by atoms with Crippen molar-refractivity contribution >= 4 is 22.6 Å². The summed E-state index contributed by atoms with van der Waals surface area (Å²) in [5.41, 5.74) is 1.05. The van der Waals surface area contributed by atoms with Gasteiger partial charge in [0.2, 0.25) is 0 Å². The largest absolute Gasteiger partial charge is 0.481 e. The molecule has 0 amide bonds. The topological polar surface area (TPSA) is 93.3 Å². The van der Waals surface area contributed by atoms with Crippen molar-refractivity contribution in [3.8, 4) is 0 Å². The van der Waals surface area contributed by atoms with Crippen LogP contribution in [0.1, 0.15) is 31.4 Å². The highest BCUT2D eigenvalue weighted by Gasteiger charge is 2.20. The summed E-state index contributed by atoms with van der Waals surface area (Å²) in [6.07, 6.45) is 1.26. The molecule has 104 valence electrons. The second-order valence-corrected chi connectivity index (χ2v) is 4.55. The normalized spacial score (nSPS) is 12.2. The van der Waals surface area contributed by atoms with E-state index >= 15 is 0 Å². The number of non-ortho nitro benzene ring substituents is 1. The highest BCUT2D eigenvalue weighted by molar-refractivity contribution is 5.82. The predicted molar refractivity (Wildman–Crippen MR) is 73.7 cm³/mol. The molecule has 1 heterocycles. The molecule has 1 aromatic heterocycles. The Kier molecular flexibility index (Phi) is 3.93. The Labute approximate surface area is 115 Å². The number of carbonyl (C=O) groups is 1. The van der Waals surface area contributed by atoms with Gasteiger partial charge in [-0.3, -0.25) is 19.9 Å². The maximum Gasteiger partial charge on any atom is 0.312 e. The summed E-state index contributed by atoms with van der Waals surface area (Å²) >= 11 is 0. The molecule has 0 spiro atoms. The van der Waals surface area contributed by atoms with Crippen molar-refractivity contribution in [2.75, 3.05) is 0 Å². The number of rotatable bonds is 5. The van der Waals surface area contributed by atoms with Crippen molar-refractivity contribution in [3.63, 3.8) is 0 Å². The van der Waals surface area contributed by atoms with E-state index in [0.29, 0.717) is 23.0 Å². The van der Waals surface area contributed by atoms with Crippen molar-refractivity contribution in [1.29, 1.82) is 0 Å². The number of hydrogen-bond donors (Lipinski definition) is 1. The summed E-state index contributed by atoms with van der Waals surface area (Å²) in [4.78, 5) is 25.8. The van der Waals surface area contributed by atoms with Gasteiger partial charge >= 0.3 is 5.97 Å². The zero-order chi connectivity index (χ0) is 14.7. The monoisotopic (exact) mass is 274 g/mol. The quantitative estimate of drug-likeness (QED) is 0.667. The fourth-order valence-electron chi connectivity index (χ4n) is 2.12. The van der Waals surface area contributed by atoms with E-state index in [1.54, 1.807) is 18.2 Å². The Morgan fingerprint density at radius 3 is 2.75 bits per heavy atom. The maximum absolute atomic E-state index is 11.2. The lowest BCUT2D eigenvalue weighted by Gasteiger charge is -2.11. The number of aromatic nitrogens is 1. The van der Waals surface area contributed by atoms with Crippen LogP contribution in [0.4, 0.5) is 5.69 Å². The molecule has 0 aliphatic heterocycles. The summed E-state index contributed by atoms with van der Waals surface area (Å²) in [6, 6.07) is 7.65. The van der Waals surface area contributed by atoms with Crippen LogP contribution < -0.4 is 0 Å². The minimum atomic E-state index is -0.902. The highest BCUT2D eigenvalue weighted by atomic mass is 16.6. The van der Waals surface area contributed by atoms with Crippen LogP contribution >= 0.6 is 0 Å². The second kappa shape index (κ2) is 5.64. The van der Waals surface area contributed by atoms with E-state index in [1.165, 1.54) is 12.1 Å². The van der Waals surface area contributed by atoms with Crippen LogP contribution in [0.25, 0.3) is 10.9 Å². The molecule has 6 nitrogen and oxygen atoms in total. The predicted octanol–water partition coefficient (Wildman–Crippen LogP) is 3.11. The Balaban J connectivity index is 2.45. The van der Waals surface area contributed by atoms with E-state index in [1.807, 2.05) is 6.92 Å². The van der Waals surface area contributed by atoms with E-state index in [0.717, 1.165) is 6.42 Å². The van der Waals surface area contributed by atoms with Gasteiger partial charge in [0.1, 0.15) is 0 Å². The Bertz CT molecular complexity index is 669. The van der Waals surface area contributed by atoms with Gasteiger partial charge < -0.3 is 5.11 Å². The van der Waals surface area contributed by atoms with Crippen LogP contribution in [0.15, 0.2) is 30.3 Å². The van der Waals surface area contributed by atoms with Gasteiger partial charge in [-0.15, -0.1) is 0 Å². The Morgan fingerprint density at radius 2 is 2.15 bits per heavy atom. The summed E-state index contributed by atoms with van der Waals surface area (Å²) in [5.74, 6) is -1.54. The number of aliphatic carboxylic acids is 1. The van der Waals surface area contributed by atoms with Crippen molar-refractivity contribution in [3.05, 3.63) is 46.1 Å².